The fraction of sp³-hybridized carbons (Fsp3) is 0.500. The van der Waals surface area contributed by atoms with Crippen LogP contribution in [0.15, 0.2) is 24.3 Å². The van der Waals surface area contributed by atoms with Gasteiger partial charge >= 0.3 is 0 Å². The first kappa shape index (κ1) is 15.4. The minimum absolute atomic E-state index is 0.0494. The smallest absolute Gasteiger partial charge is 0.260 e. The minimum atomic E-state index is -0.798. The van der Waals surface area contributed by atoms with E-state index in [0.717, 1.165) is 0 Å². The van der Waals surface area contributed by atoms with Crippen LogP contribution in [0.3, 0.4) is 0 Å². The van der Waals surface area contributed by atoms with E-state index < -0.39 is 18.0 Å². The predicted molar refractivity (Wildman–Crippen MR) is 70.4 cm³/mol. The van der Waals surface area contributed by atoms with Gasteiger partial charge in [-0.3, -0.25) is 4.79 Å². The van der Waals surface area contributed by atoms with Gasteiger partial charge in [-0.05, 0) is 39.3 Å². The third kappa shape index (κ3) is 5.26. The summed E-state index contributed by atoms with van der Waals surface area (Å²) in [5.74, 6) is -0.788. The molecular formula is C14H20FNO3. The maximum Gasteiger partial charge on any atom is 0.260 e. The second-order valence-electron chi connectivity index (χ2n) is 4.68. The SMILES string of the molecule is CC(O)CC(C)NC(=O)C(C)Oc1ccccc1F. The summed E-state index contributed by atoms with van der Waals surface area (Å²) in [6.07, 6.45) is -0.829. The van der Waals surface area contributed by atoms with E-state index in [4.69, 9.17) is 4.74 Å². The van der Waals surface area contributed by atoms with E-state index >= 15 is 0 Å². The highest BCUT2D eigenvalue weighted by molar-refractivity contribution is 5.80. The third-order valence-corrected chi connectivity index (χ3v) is 2.59. The zero-order valence-electron chi connectivity index (χ0n) is 11.4. The van der Waals surface area contributed by atoms with Gasteiger partial charge in [-0.25, -0.2) is 4.39 Å². The number of rotatable bonds is 6. The number of ether oxygens (including phenoxy) is 1. The molecule has 0 aliphatic rings. The molecule has 5 heteroatoms. The first-order valence-electron chi connectivity index (χ1n) is 6.29. The molecule has 0 fully saturated rings. The topological polar surface area (TPSA) is 58.6 Å². The summed E-state index contributed by atoms with van der Waals surface area (Å²) in [4.78, 5) is 11.8. The van der Waals surface area contributed by atoms with Crippen molar-refractivity contribution in [1.29, 1.82) is 0 Å². The van der Waals surface area contributed by atoms with Crippen molar-refractivity contribution in [2.45, 2.75) is 45.4 Å². The molecule has 1 rings (SSSR count). The number of benzene rings is 1. The largest absolute Gasteiger partial charge is 0.478 e. The van der Waals surface area contributed by atoms with Crippen LogP contribution in [0.5, 0.6) is 5.75 Å². The molecule has 106 valence electrons. The molecule has 0 radical (unpaired) electrons. The van der Waals surface area contributed by atoms with E-state index in [2.05, 4.69) is 5.32 Å². The number of carbonyl (C=O) groups excluding carboxylic acids is 1. The minimum Gasteiger partial charge on any atom is -0.478 e. The van der Waals surface area contributed by atoms with Gasteiger partial charge in [0.2, 0.25) is 0 Å². The quantitative estimate of drug-likeness (QED) is 0.829. The molecule has 0 bridgehead atoms. The summed E-state index contributed by atoms with van der Waals surface area (Å²) >= 11 is 0. The molecule has 19 heavy (non-hydrogen) atoms. The van der Waals surface area contributed by atoms with Crippen LogP contribution in [-0.2, 0) is 4.79 Å². The van der Waals surface area contributed by atoms with Gasteiger partial charge in [-0.15, -0.1) is 0 Å². The maximum absolute atomic E-state index is 13.4. The number of para-hydroxylation sites is 1. The molecule has 3 unspecified atom stereocenters. The predicted octanol–water partition coefficient (Wildman–Crippen LogP) is 1.87. The van der Waals surface area contributed by atoms with Crippen LogP contribution in [-0.4, -0.2) is 29.3 Å². The molecule has 1 aromatic rings. The monoisotopic (exact) mass is 269 g/mol. The summed E-state index contributed by atoms with van der Waals surface area (Å²) in [6.45, 7) is 5.00. The number of aliphatic hydroxyl groups excluding tert-OH is 1. The lowest BCUT2D eigenvalue weighted by Gasteiger charge is -2.19. The van der Waals surface area contributed by atoms with Gasteiger partial charge in [0, 0.05) is 6.04 Å². The van der Waals surface area contributed by atoms with Gasteiger partial charge in [-0.2, -0.15) is 0 Å². The summed E-state index contributed by atoms with van der Waals surface area (Å²) < 4.78 is 18.6. The van der Waals surface area contributed by atoms with Crippen molar-refractivity contribution in [2.75, 3.05) is 0 Å². The van der Waals surface area contributed by atoms with Crippen molar-refractivity contribution in [2.24, 2.45) is 0 Å². The van der Waals surface area contributed by atoms with Gasteiger partial charge < -0.3 is 15.2 Å². The van der Waals surface area contributed by atoms with Gasteiger partial charge in [-0.1, -0.05) is 12.1 Å². The van der Waals surface area contributed by atoms with E-state index in [1.54, 1.807) is 32.9 Å². The van der Waals surface area contributed by atoms with Crippen molar-refractivity contribution in [1.82, 2.24) is 5.32 Å². The molecule has 0 aliphatic carbocycles. The molecule has 2 N–H and O–H groups in total. The Morgan fingerprint density at radius 3 is 2.58 bits per heavy atom. The van der Waals surface area contributed by atoms with Gasteiger partial charge in [0.25, 0.3) is 5.91 Å². The highest BCUT2D eigenvalue weighted by Crippen LogP contribution is 2.17. The van der Waals surface area contributed by atoms with Crippen LogP contribution in [0.25, 0.3) is 0 Å². The van der Waals surface area contributed by atoms with Crippen LogP contribution in [0.4, 0.5) is 4.39 Å². The number of amides is 1. The molecule has 0 heterocycles. The number of halogens is 1. The van der Waals surface area contributed by atoms with Crippen molar-refractivity contribution >= 4 is 5.91 Å². The van der Waals surface area contributed by atoms with Crippen LogP contribution in [0.1, 0.15) is 27.2 Å². The molecule has 4 nitrogen and oxygen atoms in total. The summed E-state index contributed by atoms with van der Waals surface area (Å²) in [5.41, 5.74) is 0. The van der Waals surface area contributed by atoms with Crippen LogP contribution in [0.2, 0.25) is 0 Å². The fourth-order valence-corrected chi connectivity index (χ4v) is 1.72. The number of hydrogen-bond acceptors (Lipinski definition) is 3. The average Bonchev–Trinajstić information content (AvgIpc) is 2.30. The molecule has 0 saturated carbocycles. The zero-order chi connectivity index (χ0) is 14.4. The van der Waals surface area contributed by atoms with E-state index in [-0.39, 0.29) is 17.7 Å². The standard InChI is InChI=1S/C14H20FNO3/c1-9(8-10(2)17)16-14(18)11(3)19-13-7-5-4-6-12(13)15/h4-7,9-11,17H,8H2,1-3H3,(H,16,18). The Labute approximate surface area is 112 Å². The Hall–Kier alpha value is -1.62. The maximum atomic E-state index is 13.4. The molecule has 1 amide bonds. The van der Waals surface area contributed by atoms with Crippen molar-refractivity contribution in [3.8, 4) is 5.75 Å². The first-order valence-corrected chi connectivity index (χ1v) is 6.29. The number of carbonyl (C=O) groups is 1. The Balaban J connectivity index is 2.51. The van der Waals surface area contributed by atoms with E-state index in [1.807, 2.05) is 0 Å². The zero-order valence-corrected chi connectivity index (χ0v) is 11.4. The van der Waals surface area contributed by atoms with Crippen molar-refractivity contribution in [3.05, 3.63) is 30.1 Å². The van der Waals surface area contributed by atoms with E-state index in [9.17, 15) is 14.3 Å². The Bertz CT molecular complexity index is 423. The lowest BCUT2D eigenvalue weighted by molar-refractivity contribution is -0.128. The fourth-order valence-electron chi connectivity index (χ4n) is 1.72. The second-order valence-corrected chi connectivity index (χ2v) is 4.68. The molecule has 0 saturated heterocycles. The molecule has 0 aromatic heterocycles. The summed E-state index contributed by atoms with van der Waals surface area (Å²) in [7, 11) is 0. The van der Waals surface area contributed by atoms with Crippen LogP contribution >= 0.6 is 0 Å². The normalized spacial score (nSPS) is 15.4. The van der Waals surface area contributed by atoms with E-state index in [0.29, 0.717) is 6.42 Å². The van der Waals surface area contributed by atoms with Crippen LogP contribution in [0, 0.1) is 5.82 Å². The van der Waals surface area contributed by atoms with Gasteiger partial charge in [0.15, 0.2) is 17.7 Å². The Morgan fingerprint density at radius 1 is 1.37 bits per heavy atom. The van der Waals surface area contributed by atoms with Gasteiger partial charge in [0.1, 0.15) is 0 Å². The van der Waals surface area contributed by atoms with Gasteiger partial charge in [0.05, 0.1) is 6.10 Å². The molecule has 0 aliphatic heterocycles. The lowest BCUT2D eigenvalue weighted by Crippen LogP contribution is -2.42. The second kappa shape index (κ2) is 7.09. The van der Waals surface area contributed by atoms with E-state index in [1.165, 1.54) is 12.1 Å². The molecule has 1 aromatic carbocycles. The highest BCUT2D eigenvalue weighted by Gasteiger charge is 2.18. The summed E-state index contributed by atoms with van der Waals surface area (Å²) in [5, 5.41) is 11.9. The highest BCUT2D eigenvalue weighted by atomic mass is 19.1. The Morgan fingerprint density at radius 2 is 2.00 bits per heavy atom. The van der Waals surface area contributed by atoms with Crippen molar-refractivity contribution in [3.63, 3.8) is 0 Å². The average molecular weight is 269 g/mol. The molecule has 0 spiro atoms. The number of aliphatic hydroxyl groups is 1. The summed E-state index contributed by atoms with van der Waals surface area (Å²) in [6, 6.07) is 5.77. The lowest BCUT2D eigenvalue weighted by atomic mass is 10.1. The Kier molecular flexibility index (Phi) is 5.76. The third-order valence-electron chi connectivity index (χ3n) is 2.59. The van der Waals surface area contributed by atoms with Crippen LogP contribution < -0.4 is 10.1 Å². The molecule has 3 atom stereocenters. The number of nitrogens with one attached hydrogen (secondary N) is 1. The first-order chi connectivity index (χ1) is 8.90. The molecular weight excluding hydrogens is 249 g/mol. The number of hydrogen-bond donors (Lipinski definition) is 2. The van der Waals surface area contributed by atoms with Crippen molar-refractivity contribution < 1.29 is 19.0 Å².